The first kappa shape index (κ1) is 29.7. The third-order valence-corrected chi connectivity index (χ3v) is 7.39. The average molecular weight is 617 g/mol. The number of rotatable bonds is 9. The van der Waals surface area contributed by atoms with Crippen molar-refractivity contribution in [3.05, 3.63) is 111 Å². The molecule has 0 aliphatic heterocycles. The van der Waals surface area contributed by atoms with Gasteiger partial charge in [0.1, 0.15) is 17.0 Å². The molecule has 0 aliphatic carbocycles. The molecule has 2 N–H and O–H groups in total. The highest BCUT2D eigenvalue weighted by molar-refractivity contribution is 6.34. The first-order valence-electron chi connectivity index (χ1n) is 13.3. The van der Waals surface area contributed by atoms with Crippen LogP contribution in [-0.4, -0.2) is 37.3 Å². The fourth-order valence-corrected chi connectivity index (χ4v) is 5.15. The summed E-state index contributed by atoms with van der Waals surface area (Å²) in [6, 6.07) is 22.9. The summed E-state index contributed by atoms with van der Waals surface area (Å²) in [4.78, 5) is 29.6. The molecule has 0 spiro atoms. The van der Waals surface area contributed by atoms with Crippen molar-refractivity contribution >= 4 is 52.2 Å². The second-order valence-electron chi connectivity index (χ2n) is 9.39. The Bertz CT molecular complexity index is 1870. The molecule has 8 nitrogen and oxygen atoms in total. The fraction of sp³-hybridized carbons (Fsp3) is 0.121. The van der Waals surface area contributed by atoms with E-state index in [2.05, 4.69) is 22.4 Å². The number of carbonyl (C=O) groups is 2. The number of hydrogen-bond acceptors (Lipinski definition) is 6. The van der Waals surface area contributed by atoms with Crippen LogP contribution in [0.2, 0.25) is 10.0 Å². The van der Waals surface area contributed by atoms with Gasteiger partial charge >= 0.3 is 5.97 Å². The lowest BCUT2D eigenvalue weighted by atomic mass is 9.99. The van der Waals surface area contributed by atoms with E-state index in [0.29, 0.717) is 32.6 Å². The van der Waals surface area contributed by atoms with Gasteiger partial charge in [-0.05, 0) is 60.0 Å². The molecule has 0 atom stereocenters. The predicted molar refractivity (Wildman–Crippen MR) is 169 cm³/mol. The Morgan fingerprint density at radius 2 is 1.67 bits per heavy atom. The molecule has 5 aromatic rings. The van der Waals surface area contributed by atoms with Crippen molar-refractivity contribution in [2.75, 3.05) is 14.2 Å². The van der Waals surface area contributed by atoms with Crippen LogP contribution in [0.15, 0.2) is 84.0 Å². The molecule has 0 bridgehead atoms. The normalized spacial score (nSPS) is 11.1. The minimum atomic E-state index is -0.662. The lowest BCUT2D eigenvalue weighted by molar-refractivity contribution is 0.0726. The fourth-order valence-electron chi connectivity index (χ4n) is 4.75. The number of hydrogen-bond donors (Lipinski definition) is 2. The average Bonchev–Trinajstić information content (AvgIpc) is 3.41. The monoisotopic (exact) mass is 615 g/mol. The molecule has 43 heavy (non-hydrogen) atoms. The lowest BCUT2D eigenvalue weighted by Crippen LogP contribution is -2.19. The Balaban J connectivity index is 1.38. The molecule has 1 amide bonds. The second-order valence-corrected chi connectivity index (χ2v) is 10.2. The molecule has 218 valence electrons. The van der Waals surface area contributed by atoms with Crippen molar-refractivity contribution in [1.82, 2.24) is 10.4 Å². The van der Waals surface area contributed by atoms with E-state index in [0.717, 1.165) is 28.5 Å². The number of halogens is 2. The summed E-state index contributed by atoms with van der Waals surface area (Å²) >= 11 is 12.6. The van der Waals surface area contributed by atoms with Gasteiger partial charge in [-0.3, -0.25) is 4.79 Å². The highest BCUT2D eigenvalue weighted by Crippen LogP contribution is 2.38. The van der Waals surface area contributed by atoms with Crippen molar-refractivity contribution in [2.45, 2.75) is 13.3 Å². The zero-order valence-electron chi connectivity index (χ0n) is 23.5. The zero-order valence-corrected chi connectivity index (χ0v) is 25.0. The summed E-state index contributed by atoms with van der Waals surface area (Å²) in [7, 11) is 2.90. The van der Waals surface area contributed by atoms with Crippen LogP contribution in [0.5, 0.6) is 17.2 Å². The van der Waals surface area contributed by atoms with Crippen LogP contribution in [0.25, 0.3) is 22.0 Å². The number of benzene rings is 4. The number of methoxy groups -OCH3 is 2. The van der Waals surface area contributed by atoms with Crippen molar-refractivity contribution < 1.29 is 23.8 Å². The van der Waals surface area contributed by atoms with Gasteiger partial charge in [0.05, 0.1) is 20.4 Å². The van der Waals surface area contributed by atoms with Gasteiger partial charge in [0.15, 0.2) is 11.5 Å². The van der Waals surface area contributed by atoms with Gasteiger partial charge in [-0.1, -0.05) is 66.5 Å². The van der Waals surface area contributed by atoms with E-state index >= 15 is 0 Å². The summed E-state index contributed by atoms with van der Waals surface area (Å²) < 4.78 is 16.2. The molecule has 0 aliphatic rings. The maximum atomic E-state index is 13.4. The number of aromatic nitrogens is 1. The van der Waals surface area contributed by atoms with Crippen molar-refractivity contribution in [1.29, 1.82) is 0 Å². The number of nitrogens with one attached hydrogen (secondary N) is 2. The number of carbonyl (C=O) groups excluding carboxylic acids is 2. The number of H-pyrrole nitrogens is 1. The molecule has 5 rings (SSSR count). The Hall–Kier alpha value is -4.79. The molecule has 4 aromatic carbocycles. The number of para-hydroxylation sites is 1. The van der Waals surface area contributed by atoms with E-state index < -0.39 is 11.9 Å². The van der Waals surface area contributed by atoms with Crippen molar-refractivity contribution in [3.63, 3.8) is 0 Å². The minimum Gasteiger partial charge on any atom is -0.496 e. The number of esters is 1. The Morgan fingerprint density at radius 3 is 2.42 bits per heavy atom. The lowest BCUT2D eigenvalue weighted by Gasteiger charge is -2.12. The maximum absolute atomic E-state index is 13.4. The molecular weight excluding hydrogens is 589 g/mol. The summed E-state index contributed by atoms with van der Waals surface area (Å²) in [5.74, 6) is -0.299. The maximum Gasteiger partial charge on any atom is 0.347 e. The SMILES string of the molecule is CCc1cccc2c(-c3ccccc3Cl)c(C(=O)NN=Cc3ccc(OC(=O)c4cc(Cl)ccc4OC)c(OC)c3)[nH]c12. The number of amides is 1. The molecular formula is C33H27Cl2N3O5. The second kappa shape index (κ2) is 13.0. The Kier molecular flexibility index (Phi) is 8.99. The van der Waals surface area contributed by atoms with Gasteiger partial charge in [0, 0.05) is 32.1 Å². The number of hydrazone groups is 1. The van der Waals surface area contributed by atoms with E-state index in [9.17, 15) is 9.59 Å². The number of ether oxygens (including phenoxy) is 3. The predicted octanol–water partition coefficient (Wildman–Crippen LogP) is 7.70. The highest BCUT2D eigenvalue weighted by atomic mass is 35.5. The number of aryl methyl sites for hydroxylation is 1. The summed E-state index contributed by atoms with van der Waals surface area (Å²) in [6.07, 6.45) is 2.25. The topological polar surface area (TPSA) is 102 Å². The van der Waals surface area contributed by atoms with Crippen LogP contribution < -0.4 is 19.6 Å². The van der Waals surface area contributed by atoms with Crippen molar-refractivity contribution in [2.24, 2.45) is 5.10 Å². The third kappa shape index (κ3) is 6.21. The van der Waals surface area contributed by atoms with Crippen molar-refractivity contribution in [3.8, 4) is 28.4 Å². The van der Waals surface area contributed by atoms with Gasteiger partial charge in [-0.15, -0.1) is 0 Å². The van der Waals surface area contributed by atoms with E-state index in [-0.39, 0.29) is 17.1 Å². The van der Waals surface area contributed by atoms with E-state index in [4.69, 9.17) is 37.4 Å². The van der Waals surface area contributed by atoms with Gasteiger partial charge in [-0.2, -0.15) is 5.10 Å². The number of fused-ring (bicyclic) bond motifs is 1. The summed E-state index contributed by atoms with van der Waals surface area (Å²) in [6.45, 7) is 2.06. The van der Waals surface area contributed by atoms with E-state index in [1.54, 1.807) is 36.4 Å². The van der Waals surface area contributed by atoms with Gasteiger partial charge in [0.2, 0.25) is 0 Å². The smallest absolute Gasteiger partial charge is 0.347 e. The molecule has 1 heterocycles. The Morgan fingerprint density at radius 1 is 0.907 bits per heavy atom. The highest BCUT2D eigenvalue weighted by Gasteiger charge is 2.22. The molecule has 0 radical (unpaired) electrons. The quantitative estimate of drug-likeness (QED) is 0.0765. The molecule has 0 fully saturated rings. The van der Waals surface area contributed by atoms with Crippen LogP contribution in [0.4, 0.5) is 0 Å². The van der Waals surface area contributed by atoms with Crippen LogP contribution in [-0.2, 0) is 6.42 Å². The molecule has 10 heteroatoms. The molecule has 0 saturated carbocycles. The van der Waals surface area contributed by atoms with Crippen LogP contribution in [0.3, 0.4) is 0 Å². The number of aromatic amines is 1. The standard InChI is InChI=1S/C33H27Cl2N3O5/c1-4-20-8-7-10-23-29(22-9-5-6-11-25(22)35)31(37-30(20)23)32(39)38-36-18-19-12-14-27(28(16-19)42-3)43-33(40)24-17-21(34)13-15-26(24)41-2/h5-18,37H,4H2,1-3H3,(H,38,39). The summed E-state index contributed by atoms with van der Waals surface area (Å²) in [5.41, 5.74) is 7.10. The molecule has 1 aromatic heterocycles. The van der Waals surface area contributed by atoms with Crippen LogP contribution >= 0.6 is 23.2 Å². The largest absolute Gasteiger partial charge is 0.496 e. The van der Waals surface area contributed by atoms with Crippen LogP contribution in [0, 0.1) is 0 Å². The van der Waals surface area contributed by atoms with Gasteiger partial charge in [-0.25, -0.2) is 10.2 Å². The van der Waals surface area contributed by atoms with Gasteiger partial charge < -0.3 is 19.2 Å². The first-order chi connectivity index (χ1) is 20.8. The van der Waals surface area contributed by atoms with E-state index in [1.807, 2.05) is 36.4 Å². The van der Waals surface area contributed by atoms with E-state index in [1.165, 1.54) is 26.5 Å². The molecule has 0 saturated heterocycles. The first-order valence-corrected chi connectivity index (χ1v) is 14.1. The Labute approximate surface area is 258 Å². The third-order valence-electron chi connectivity index (χ3n) is 6.82. The zero-order chi connectivity index (χ0) is 30.5. The number of nitrogens with zero attached hydrogens (tertiary/aromatic N) is 1. The summed E-state index contributed by atoms with van der Waals surface area (Å²) in [5, 5.41) is 5.96. The van der Waals surface area contributed by atoms with Gasteiger partial charge in [0.25, 0.3) is 5.91 Å². The molecule has 0 unspecified atom stereocenters. The van der Waals surface area contributed by atoms with Crippen LogP contribution in [0.1, 0.15) is 38.9 Å². The minimum absolute atomic E-state index is 0.171.